The molecule has 4 nitrogen and oxygen atoms in total. The SMILES string of the molecule is CCNC1COCC1C(=O)N1CCCC(C)(C)C1. The monoisotopic (exact) mass is 254 g/mol. The summed E-state index contributed by atoms with van der Waals surface area (Å²) in [5.74, 6) is 0.296. The largest absolute Gasteiger partial charge is 0.379 e. The Hall–Kier alpha value is -0.610. The predicted molar refractivity (Wildman–Crippen MR) is 71.4 cm³/mol. The molecule has 0 bridgehead atoms. The zero-order valence-corrected chi connectivity index (χ0v) is 11.9. The molecule has 2 aliphatic rings. The first kappa shape index (κ1) is 13.8. The molecular formula is C14H26N2O2. The molecule has 2 atom stereocenters. The Balaban J connectivity index is 1.97. The van der Waals surface area contributed by atoms with Crippen molar-refractivity contribution in [2.75, 3.05) is 32.8 Å². The minimum absolute atomic E-state index is 0.0128. The second kappa shape index (κ2) is 5.57. The van der Waals surface area contributed by atoms with Gasteiger partial charge in [-0.2, -0.15) is 0 Å². The quantitative estimate of drug-likeness (QED) is 0.824. The molecule has 0 aromatic heterocycles. The summed E-state index contributed by atoms with van der Waals surface area (Å²) in [6, 6.07) is 0.201. The number of hydrogen-bond donors (Lipinski definition) is 1. The van der Waals surface area contributed by atoms with Crippen LogP contribution >= 0.6 is 0 Å². The molecular weight excluding hydrogens is 228 g/mol. The third-order valence-corrected chi connectivity index (χ3v) is 4.08. The number of rotatable bonds is 3. The molecule has 2 unspecified atom stereocenters. The van der Waals surface area contributed by atoms with Gasteiger partial charge < -0.3 is 15.0 Å². The number of hydrogen-bond acceptors (Lipinski definition) is 3. The van der Waals surface area contributed by atoms with Gasteiger partial charge in [-0.15, -0.1) is 0 Å². The van der Waals surface area contributed by atoms with Gasteiger partial charge in [-0.1, -0.05) is 20.8 Å². The van der Waals surface area contributed by atoms with Crippen molar-refractivity contribution in [3.8, 4) is 0 Å². The number of nitrogens with zero attached hydrogens (tertiary/aromatic N) is 1. The van der Waals surface area contributed by atoms with E-state index in [9.17, 15) is 4.79 Å². The second-order valence-electron chi connectivity index (χ2n) is 6.34. The topological polar surface area (TPSA) is 41.6 Å². The van der Waals surface area contributed by atoms with Crippen LogP contribution in [-0.4, -0.2) is 49.7 Å². The van der Waals surface area contributed by atoms with Crippen molar-refractivity contribution < 1.29 is 9.53 Å². The van der Waals surface area contributed by atoms with Crippen LogP contribution in [0.4, 0.5) is 0 Å². The van der Waals surface area contributed by atoms with E-state index in [0.29, 0.717) is 13.2 Å². The minimum atomic E-state index is 0.0128. The highest BCUT2D eigenvalue weighted by molar-refractivity contribution is 5.80. The van der Waals surface area contributed by atoms with Gasteiger partial charge in [0.2, 0.25) is 5.91 Å². The molecule has 0 spiro atoms. The number of ether oxygens (including phenoxy) is 1. The molecule has 1 N–H and O–H groups in total. The Bertz CT molecular complexity index is 304. The summed E-state index contributed by atoms with van der Waals surface area (Å²) >= 11 is 0. The lowest BCUT2D eigenvalue weighted by molar-refractivity contribution is -0.139. The third kappa shape index (κ3) is 3.04. The summed E-state index contributed by atoms with van der Waals surface area (Å²) in [5.41, 5.74) is 0.265. The Morgan fingerprint density at radius 3 is 2.89 bits per heavy atom. The number of carbonyl (C=O) groups excluding carboxylic acids is 1. The van der Waals surface area contributed by atoms with Crippen molar-refractivity contribution in [2.24, 2.45) is 11.3 Å². The average molecular weight is 254 g/mol. The lowest BCUT2D eigenvalue weighted by Gasteiger charge is -2.39. The van der Waals surface area contributed by atoms with E-state index >= 15 is 0 Å². The smallest absolute Gasteiger partial charge is 0.229 e. The maximum Gasteiger partial charge on any atom is 0.229 e. The van der Waals surface area contributed by atoms with Gasteiger partial charge in [0.25, 0.3) is 0 Å². The van der Waals surface area contributed by atoms with Crippen LogP contribution in [0.3, 0.4) is 0 Å². The summed E-state index contributed by atoms with van der Waals surface area (Å²) in [6.45, 7) is 10.5. The maximum atomic E-state index is 12.6. The molecule has 2 heterocycles. The first-order chi connectivity index (χ1) is 8.53. The van der Waals surface area contributed by atoms with Crippen molar-refractivity contribution in [1.82, 2.24) is 10.2 Å². The molecule has 0 aromatic carbocycles. The molecule has 0 saturated carbocycles. The maximum absolute atomic E-state index is 12.6. The summed E-state index contributed by atoms with van der Waals surface area (Å²) in [5, 5.41) is 3.36. The van der Waals surface area contributed by atoms with Crippen LogP contribution in [-0.2, 0) is 9.53 Å². The van der Waals surface area contributed by atoms with Gasteiger partial charge in [0.15, 0.2) is 0 Å². The van der Waals surface area contributed by atoms with Gasteiger partial charge in [-0.05, 0) is 24.8 Å². The van der Waals surface area contributed by atoms with E-state index < -0.39 is 0 Å². The van der Waals surface area contributed by atoms with E-state index in [1.54, 1.807) is 0 Å². The van der Waals surface area contributed by atoms with E-state index in [1.165, 1.54) is 6.42 Å². The van der Waals surface area contributed by atoms with Crippen LogP contribution in [0, 0.1) is 11.3 Å². The van der Waals surface area contributed by atoms with Gasteiger partial charge in [0.05, 0.1) is 19.1 Å². The highest BCUT2D eigenvalue weighted by Gasteiger charge is 2.38. The fraction of sp³-hybridized carbons (Fsp3) is 0.929. The third-order valence-electron chi connectivity index (χ3n) is 4.08. The Morgan fingerprint density at radius 1 is 1.44 bits per heavy atom. The van der Waals surface area contributed by atoms with Crippen molar-refractivity contribution >= 4 is 5.91 Å². The Labute approximate surface area is 110 Å². The Morgan fingerprint density at radius 2 is 2.22 bits per heavy atom. The zero-order valence-electron chi connectivity index (χ0n) is 11.9. The summed E-state index contributed by atoms with van der Waals surface area (Å²) < 4.78 is 5.48. The van der Waals surface area contributed by atoms with Gasteiger partial charge in [0.1, 0.15) is 0 Å². The molecule has 1 amide bonds. The lowest BCUT2D eigenvalue weighted by Crippen LogP contribution is -2.50. The van der Waals surface area contributed by atoms with Crippen LogP contribution in [0.15, 0.2) is 0 Å². The van der Waals surface area contributed by atoms with Crippen LogP contribution in [0.1, 0.15) is 33.6 Å². The fourth-order valence-electron chi connectivity index (χ4n) is 3.11. The van der Waals surface area contributed by atoms with Crippen LogP contribution < -0.4 is 5.32 Å². The molecule has 0 aliphatic carbocycles. The number of likely N-dealkylation sites (tertiary alicyclic amines) is 1. The molecule has 104 valence electrons. The number of amides is 1. The van der Waals surface area contributed by atoms with Crippen molar-refractivity contribution in [3.05, 3.63) is 0 Å². The first-order valence-electron chi connectivity index (χ1n) is 7.13. The summed E-state index contributed by atoms with van der Waals surface area (Å²) in [6.07, 6.45) is 2.34. The molecule has 0 aromatic rings. The van der Waals surface area contributed by atoms with Gasteiger partial charge >= 0.3 is 0 Å². The highest BCUT2D eigenvalue weighted by Crippen LogP contribution is 2.30. The van der Waals surface area contributed by atoms with E-state index in [4.69, 9.17) is 4.74 Å². The number of piperidine rings is 1. The highest BCUT2D eigenvalue weighted by atomic mass is 16.5. The molecule has 2 fully saturated rings. The molecule has 18 heavy (non-hydrogen) atoms. The predicted octanol–water partition coefficient (Wildman–Crippen LogP) is 1.26. The van der Waals surface area contributed by atoms with Crippen LogP contribution in [0.2, 0.25) is 0 Å². The van der Waals surface area contributed by atoms with Crippen LogP contribution in [0.5, 0.6) is 0 Å². The standard InChI is InChI=1S/C14H26N2O2/c1-4-15-12-9-18-8-11(12)13(17)16-7-5-6-14(2,3)10-16/h11-12,15H,4-10H2,1-3H3. The number of nitrogens with one attached hydrogen (secondary N) is 1. The average Bonchev–Trinajstić information content (AvgIpc) is 2.75. The van der Waals surface area contributed by atoms with Crippen LogP contribution in [0.25, 0.3) is 0 Å². The summed E-state index contributed by atoms with van der Waals surface area (Å²) in [4.78, 5) is 14.6. The van der Waals surface area contributed by atoms with Crippen molar-refractivity contribution in [1.29, 1.82) is 0 Å². The lowest BCUT2D eigenvalue weighted by atomic mass is 9.83. The molecule has 0 radical (unpaired) electrons. The van der Waals surface area contributed by atoms with E-state index in [1.807, 2.05) is 4.90 Å². The second-order valence-corrected chi connectivity index (χ2v) is 6.34. The van der Waals surface area contributed by atoms with Crippen molar-refractivity contribution in [2.45, 2.75) is 39.7 Å². The normalized spacial score (nSPS) is 31.6. The molecule has 2 saturated heterocycles. The first-order valence-corrected chi connectivity index (χ1v) is 7.13. The number of likely N-dealkylation sites (N-methyl/N-ethyl adjacent to an activating group) is 1. The Kier molecular flexibility index (Phi) is 4.28. The molecule has 4 heteroatoms. The van der Waals surface area contributed by atoms with Crippen molar-refractivity contribution in [3.63, 3.8) is 0 Å². The minimum Gasteiger partial charge on any atom is -0.379 e. The van der Waals surface area contributed by atoms with E-state index in [0.717, 1.165) is 26.1 Å². The zero-order chi connectivity index (χ0) is 13.2. The molecule has 2 rings (SSSR count). The number of carbonyl (C=O) groups is 1. The van der Waals surface area contributed by atoms with E-state index in [-0.39, 0.29) is 23.3 Å². The van der Waals surface area contributed by atoms with Gasteiger partial charge in [0, 0.05) is 19.1 Å². The van der Waals surface area contributed by atoms with Gasteiger partial charge in [-0.25, -0.2) is 0 Å². The molecule has 2 aliphatic heterocycles. The summed E-state index contributed by atoms with van der Waals surface area (Å²) in [7, 11) is 0. The van der Waals surface area contributed by atoms with E-state index in [2.05, 4.69) is 26.1 Å². The van der Waals surface area contributed by atoms with Gasteiger partial charge in [-0.3, -0.25) is 4.79 Å². The fourth-order valence-corrected chi connectivity index (χ4v) is 3.11.